The van der Waals surface area contributed by atoms with E-state index in [4.69, 9.17) is 0 Å². The predicted octanol–water partition coefficient (Wildman–Crippen LogP) is 3.43. The SMILES string of the molecule is Cc1cc2c(cc1O)NC(=O)CC2c1cc(Cn2cncn2)c(C)cc1C. The first kappa shape index (κ1) is 17.3. The van der Waals surface area contributed by atoms with E-state index in [1.807, 2.05) is 13.0 Å². The Morgan fingerprint density at radius 2 is 1.93 bits per heavy atom. The van der Waals surface area contributed by atoms with Crippen LogP contribution in [0.5, 0.6) is 5.75 Å². The summed E-state index contributed by atoms with van der Waals surface area (Å²) in [5.74, 6) is 0.124. The molecule has 6 nitrogen and oxygen atoms in total. The molecule has 6 heteroatoms. The fraction of sp³-hybridized carbons (Fsp3) is 0.286. The van der Waals surface area contributed by atoms with Crippen molar-refractivity contribution in [2.45, 2.75) is 39.7 Å². The summed E-state index contributed by atoms with van der Waals surface area (Å²) in [7, 11) is 0. The molecule has 0 radical (unpaired) electrons. The minimum atomic E-state index is -0.0388. The summed E-state index contributed by atoms with van der Waals surface area (Å²) in [6.07, 6.45) is 3.62. The molecule has 0 fully saturated rings. The fourth-order valence-electron chi connectivity index (χ4n) is 3.84. The van der Waals surface area contributed by atoms with Crippen molar-refractivity contribution in [2.75, 3.05) is 5.32 Å². The number of aromatic hydroxyl groups is 1. The van der Waals surface area contributed by atoms with Gasteiger partial charge in [0.15, 0.2) is 0 Å². The van der Waals surface area contributed by atoms with E-state index in [-0.39, 0.29) is 17.6 Å². The van der Waals surface area contributed by atoms with Crippen LogP contribution in [-0.4, -0.2) is 25.8 Å². The van der Waals surface area contributed by atoms with Crippen LogP contribution >= 0.6 is 0 Å². The number of aryl methyl sites for hydroxylation is 3. The third-order valence-electron chi connectivity index (χ3n) is 5.31. The lowest BCUT2D eigenvalue weighted by molar-refractivity contribution is -0.116. The number of phenolic OH excluding ortho intramolecular Hbond substituents is 1. The molecule has 1 aliphatic heterocycles. The molecule has 1 aromatic heterocycles. The number of aromatic nitrogens is 3. The number of carbonyl (C=O) groups is 1. The zero-order chi connectivity index (χ0) is 19.1. The zero-order valence-corrected chi connectivity index (χ0v) is 15.7. The summed E-state index contributed by atoms with van der Waals surface area (Å²) in [5.41, 5.74) is 7.18. The van der Waals surface area contributed by atoms with Crippen LogP contribution < -0.4 is 5.32 Å². The maximum absolute atomic E-state index is 12.3. The van der Waals surface area contributed by atoms with E-state index in [0.717, 1.165) is 27.8 Å². The van der Waals surface area contributed by atoms with Crippen molar-refractivity contribution in [2.24, 2.45) is 0 Å². The van der Waals surface area contributed by atoms with E-state index in [1.54, 1.807) is 17.1 Å². The minimum Gasteiger partial charge on any atom is -0.508 e. The van der Waals surface area contributed by atoms with Crippen molar-refractivity contribution in [1.82, 2.24) is 14.8 Å². The number of rotatable bonds is 3. The van der Waals surface area contributed by atoms with Gasteiger partial charge in [0.2, 0.25) is 5.91 Å². The van der Waals surface area contributed by atoms with Crippen LogP contribution in [0.15, 0.2) is 36.9 Å². The average Bonchev–Trinajstić information content (AvgIpc) is 3.11. The second-order valence-corrected chi connectivity index (χ2v) is 7.26. The Labute approximate surface area is 157 Å². The fourth-order valence-corrected chi connectivity index (χ4v) is 3.84. The van der Waals surface area contributed by atoms with Gasteiger partial charge in [-0.1, -0.05) is 12.1 Å². The third-order valence-corrected chi connectivity index (χ3v) is 5.31. The molecule has 1 amide bonds. The summed E-state index contributed by atoms with van der Waals surface area (Å²) < 4.78 is 1.80. The molecule has 2 aromatic carbocycles. The van der Waals surface area contributed by atoms with E-state index in [9.17, 15) is 9.90 Å². The first-order valence-corrected chi connectivity index (χ1v) is 8.98. The second-order valence-electron chi connectivity index (χ2n) is 7.26. The molecule has 0 saturated carbocycles. The maximum Gasteiger partial charge on any atom is 0.225 e. The van der Waals surface area contributed by atoms with Crippen molar-refractivity contribution in [3.05, 3.63) is 70.3 Å². The highest BCUT2D eigenvalue weighted by molar-refractivity contribution is 5.95. The minimum absolute atomic E-state index is 0.0337. The first-order valence-electron chi connectivity index (χ1n) is 8.98. The monoisotopic (exact) mass is 362 g/mol. The summed E-state index contributed by atoms with van der Waals surface area (Å²) in [4.78, 5) is 16.3. The van der Waals surface area contributed by atoms with Crippen molar-refractivity contribution >= 4 is 11.6 Å². The Morgan fingerprint density at radius 3 is 2.67 bits per heavy atom. The number of carbonyl (C=O) groups excluding carboxylic acids is 1. The number of hydrogen-bond donors (Lipinski definition) is 2. The molecule has 0 aliphatic carbocycles. The molecule has 0 bridgehead atoms. The number of amides is 1. The van der Waals surface area contributed by atoms with Crippen LogP contribution in [0.3, 0.4) is 0 Å². The molecule has 3 aromatic rings. The summed E-state index contributed by atoms with van der Waals surface area (Å²) in [6, 6.07) is 7.97. The molecule has 138 valence electrons. The van der Waals surface area contributed by atoms with Crippen LogP contribution in [0.2, 0.25) is 0 Å². The Bertz CT molecular complexity index is 1030. The van der Waals surface area contributed by atoms with Gasteiger partial charge in [-0.25, -0.2) is 9.67 Å². The molecule has 2 N–H and O–H groups in total. The molecular formula is C21H22N4O2. The molecule has 0 saturated heterocycles. The van der Waals surface area contributed by atoms with Crippen molar-refractivity contribution in [1.29, 1.82) is 0 Å². The molecule has 27 heavy (non-hydrogen) atoms. The van der Waals surface area contributed by atoms with Gasteiger partial charge in [0.25, 0.3) is 0 Å². The van der Waals surface area contributed by atoms with Gasteiger partial charge in [-0.3, -0.25) is 4.79 Å². The van der Waals surface area contributed by atoms with Crippen molar-refractivity contribution in [3.63, 3.8) is 0 Å². The highest BCUT2D eigenvalue weighted by Gasteiger charge is 2.29. The van der Waals surface area contributed by atoms with Crippen LogP contribution in [0.4, 0.5) is 5.69 Å². The number of hydrogen-bond acceptors (Lipinski definition) is 4. The lowest BCUT2D eigenvalue weighted by Crippen LogP contribution is -2.24. The van der Waals surface area contributed by atoms with E-state index in [2.05, 4.69) is 41.4 Å². The van der Waals surface area contributed by atoms with Gasteiger partial charge >= 0.3 is 0 Å². The number of phenols is 1. The topological polar surface area (TPSA) is 80.0 Å². The predicted molar refractivity (Wildman–Crippen MR) is 103 cm³/mol. The van der Waals surface area contributed by atoms with Gasteiger partial charge < -0.3 is 10.4 Å². The Hall–Kier alpha value is -3.15. The Kier molecular flexibility index (Phi) is 4.18. The van der Waals surface area contributed by atoms with Crippen molar-refractivity contribution in [3.8, 4) is 5.75 Å². The maximum atomic E-state index is 12.3. The number of nitrogens with one attached hydrogen (secondary N) is 1. The van der Waals surface area contributed by atoms with Crippen molar-refractivity contribution < 1.29 is 9.90 Å². The largest absolute Gasteiger partial charge is 0.508 e. The van der Waals surface area contributed by atoms with Gasteiger partial charge in [0, 0.05) is 24.1 Å². The smallest absolute Gasteiger partial charge is 0.225 e. The number of benzene rings is 2. The number of nitrogens with zero attached hydrogens (tertiary/aromatic N) is 3. The van der Waals surface area contributed by atoms with Crippen LogP contribution in [0.1, 0.15) is 45.7 Å². The van der Waals surface area contributed by atoms with Gasteiger partial charge in [-0.2, -0.15) is 5.10 Å². The quantitative estimate of drug-likeness (QED) is 0.748. The molecular weight excluding hydrogens is 340 g/mol. The first-order chi connectivity index (χ1) is 12.9. The Balaban J connectivity index is 1.81. The average molecular weight is 362 g/mol. The molecule has 0 spiro atoms. The highest BCUT2D eigenvalue weighted by Crippen LogP contribution is 2.41. The van der Waals surface area contributed by atoms with Crippen LogP contribution in [-0.2, 0) is 11.3 Å². The summed E-state index contributed by atoms with van der Waals surface area (Å²) in [6.45, 7) is 6.69. The second kappa shape index (κ2) is 6.54. The lowest BCUT2D eigenvalue weighted by atomic mass is 9.81. The van der Waals surface area contributed by atoms with Crippen LogP contribution in [0.25, 0.3) is 0 Å². The normalized spacial score (nSPS) is 16.1. The van der Waals surface area contributed by atoms with Gasteiger partial charge in [-0.05, 0) is 60.2 Å². The number of anilines is 1. The summed E-state index contributed by atoms with van der Waals surface area (Å²) in [5, 5.41) is 17.1. The van der Waals surface area contributed by atoms with Gasteiger partial charge in [-0.15, -0.1) is 0 Å². The van der Waals surface area contributed by atoms with E-state index in [1.165, 1.54) is 11.9 Å². The summed E-state index contributed by atoms with van der Waals surface area (Å²) >= 11 is 0. The molecule has 1 aliphatic rings. The van der Waals surface area contributed by atoms with Crippen LogP contribution in [0, 0.1) is 20.8 Å². The van der Waals surface area contributed by atoms with E-state index >= 15 is 0 Å². The molecule has 1 atom stereocenters. The third kappa shape index (κ3) is 3.18. The van der Waals surface area contributed by atoms with E-state index < -0.39 is 0 Å². The molecule has 4 rings (SSSR count). The van der Waals surface area contributed by atoms with Gasteiger partial charge in [0.1, 0.15) is 18.4 Å². The highest BCUT2D eigenvalue weighted by atomic mass is 16.3. The molecule has 2 heterocycles. The standard InChI is InChI=1S/C21H22N4O2/c1-12-4-13(2)16(6-15(12)9-25-11-22-10-23-25)17-7-21(27)24-19-8-20(26)14(3)5-18(17)19/h4-6,8,10-11,17,26H,7,9H2,1-3H3,(H,24,27). The number of fused-ring (bicyclic) bond motifs is 1. The van der Waals surface area contributed by atoms with E-state index in [0.29, 0.717) is 18.7 Å². The Morgan fingerprint density at radius 1 is 1.11 bits per heavy atom. The zero-order valence-electron chi connectivity index (χ0n) is 15.7. The van der Waals surface area contributed by atoms with Gasteiger partial charge in [0.05, 0.1) is 6.54 Å². The molecule has 1 unspecified atom stereocenters. The lowest BCUT2D eigenvalue weighted by Gasteiger charge is -2.28.